The van der Waals surface area contributed by atoms with Crippen molar-refractivity contribution in [3.63, 3.8) is 0 Å². The average molecular weight is 1320 g/mol. The molecule has 95 heavy (non-hydrogen) atoms. The number of phenolic OH excluding ortho intramolecular Hbond substituents is 1. The molecule has 3 heterocycles. The number of carbonyl (C=O) groups is 9. The Bertz CT molecular complexity index is 3510. The molecular weight excluding hydrogens is 1240 g/mol. The van der Waals surface area contributed by atoms with E-state index in [2.05, 4.69) is 57.4 Å². The van der Waals surface area contributed by atoms with Crippen LogP contribution in [0, 0.1) is 5.92 Å². The van der Waals surface area contributed by atoms with Gasteiger partial charge in [-0.3, -0.25) is 58.0 Å². The first kappa shape index (κ1) is 73.1. The van der Waals surface area contributed by atoms with Gasteiger partial charge in [0.15, 0.2) is 0 Å². The van der Waals surface area contributed by atoms with E-state index >= 15 is 4.79 Å². The molecule has 2 aromatic heterocycles. The van der Waals surface area contributed by atoms with Crippen molar-refractivity contribution in [3.05, 3.63) is 173 Å². The number of hydrogen-bond acceptors (Lipinski definition) is 15. The van der Waals surface area contributed by atoms with Gasteiger partial charge in [0, 0.05) is 95.6 Å². The molecule has 1 fully saturated rings. The number of carbonyl (C=O) groups excluding carboxylic acids is 9. The largest absolute Gasteiger partial charge is 0.508 e. The second-order valence-corrected chi connectivity index (χ2v) is 24.5. The van der Waals surface area contributed by atoms with Crippen LogP contribution >= 0.6 is 11.6 Å². The second kappa shape index (κ2) is 37.5. The van der Waals surface area contributed by atoms with Gasteiger partial charge in [0.2, 0.25) is 47.3 Å². The summed E-state index contributed by atoms with van der Waals surface area (Å²) in [5, 5.41) is 45.9. The van der Waals surface area contributed by atoms with Crippen LogP contribution in [0.4, 0.5) is 0 Å². The molecule has 1 aliphatic rings. The summed E-state index contributed by atoms with van der Waals surface area (Å²) in [4.78, 5) is 139. The van der Waals surface area contributed by atoms with E-state index in [1.165, 1.54) is 44.7 Å². The van der Waals surface area contributed by atoms with Crippen molar-refractivity contribution in [1.82, 2.24) is 62.3 Å². The molecule has 0 spiro atoms. The molecular formula is C70H87ClN12O12. The zero-order valence-electron chi connectivity index (χ0n) is 54.1. The molecule has 1 aliphatic heterocycles. The number of unbranched alkanes of at least 4 members (excludes halogenated alkanes) is 1. The Morgan fingerprint density at radius 3 is 1.76 bits per heavy atom. The minimum absolute atomic E-state index is 0.0182. The highest BCUT2D eigenvalue weighted by molar-refractivity contribution is 6.30. The highest BCUT2D eigenvalue weighted by Gasteiger charge is 2.37. The number of benzene rings is 4. The van der Waals surface area contributed by atoms with Crippen LogP contribution in [0.1, 0.15) is 85.5 Å². The summed E-state index contributed by atoms with van der Waals surface area (Å²) in [6.45, 7) is 8.23. The van der Waals surface area contributed by atoms with Gasteiger partial charge in [-0.15, -0.1) is 0 Å². The lowest BCUT2D eigenvalue weighted by Gasteiger charge is -2.32. The van der Waals surface area contributed by atoms with E-state index in [1.54, 1.807) is 66.9 Å². The number of hydrogen-bond donors (Lipinski definition) is 10. The predicted molar refractivity (Wildman–Crippen MR) is 358 cm³/mol. The number of fused-ring (bicyclic) bond motifs is 1. The van der Waals surface area contributed by atoms with Crippen LogP contribution < -0.4 is 42.5 Å². The molecule has 0 radical (unpaired) electrons. The van der Waals surface area contributed by atoms with Gasteiger partial charge in [0.1, 0.15) is 48.0 Å². The van der Waals surface area contributed by atoms with Gasteiger partial charge in [-0.25, -0.2) is 0 Å². The Labute approximate surface area is 558 Å². The fraction of sp³-hybridized carbons (Fsp3) is 0.414. The summed E-state index contributed by atoms with van der Waals surface area (Å²) in [6.07, 6.45) is 7.10. The number of pyridine rings is 2. The summed E-state index contributed by atoms with van der Waals surface area (Å²) in [6, 6.07) is 22.8. The van der Waals surface area contributed by atoms with Gasteiger partial charge in [0.05, 0.1) is 25.4 Å². The third kappa shape index (κ3) is 23.9. The van der Waals surface area contributed by atoms with E-state index in [1.807, 2.05) is 56.3 Å². The van der Waals surface area contributed by atoms with Gasteiger partial charge >= 0.3 is 0 Å². The second-order valence-electron chi connectivity index (χ2n) is 24.1. The van der Waals surface area contributed by atoms with Gasteiger partial charge in [-0.05, 0) is 120 Å². The predicted octanol–water partition coefficient (Wildman–Crippen LogP) is 3.49. The Balaban J connectivity index is 1.12. The number of phenols is 1. The van der Waals surface area contributed by atoms with Crippen LogP contribution in [0.3, 0.4) is 0 Å². The molecule has 24 nitrogen and oxygen atoms in total. The van der Waals surface area contributed by atoms with Crippen molar-refractivity contribution in [2.75, 3.05) is 59.6 Å². The molecule has 7 atom stereocenters. The molecule has 506 valence electrons. The van der Waals surface area contributed by atoms with Gasteiger partial charge < -0.3 is 62.4 Å². The maximum Gasteiger partial charge on any atom is 0.252 e. The number of halogens is 1. The van der Waals surface area contributed by atoms with Crippen molar-refractivity contribution >= 4 is 75.5 Å². The standard InChI is InChI=1S/C70H87ClN12O12/c1-45(2)36-57(64(88)75-30-11-31-83-32-34-95-35-33-83)78-65(89)56(16-7-8-29-74-63(87)53-15-10-28-73-43-53)77-69(93)62(41-48-20-25-55(86)26-21-48)82(4)70(94)61(44-84)81-68(92)60(40-50-12-9-27-72-42-50)80-67(91)59(38-47-18-23-54(71)24-19-47)79-66(90)58(76-46(3)85)39-49-17-22-51-13-5-6-14-52(51)37-49/h5-6,9-10,12-15,17-28,37,42-43,45,56-62,84,86H,7-8,11,16,29-36,38-41,44H2,1-4H3,(H,74,87)(H,75,88)(H,76,85)(H,77,93)(H,78,89)(H,79,90)(H,80,91)(H,81,92)/t56-,57+,58-,59-,60-,61+,62+/m1/s1. The number of nitrogens with zero attached hydrogens (tertiary/aromatic N) is 4. The topological polar surface area (TPSA) is 332 Å². The van der Waals surface area contributed by atoms with Crippen molar-refractivity contribution in [3.8, 4) is 5.75 Å². The van der Waals surface area contributed by atoms with Crippen molar-refractivity contribution in [2.24, 2.45) is 5.92 Å². The smallest absolute Gasteiger partial charge is 0.252 e. The summed E-state index contributed by atoms with van der Waals surface area (Å²) >= 11 is 6.24. The number of rotatable bonds is 35. The normalized spacial score (nSPS) is 14.5. The first-order valence-electron chi connectivity index (χ1n) is 32.0. The zero-order chi connectivity index (χ0) is 68.2. The molecule has 0 bridgehead atoms. The number of morpholine rings is 1. The van der Waals surface area contributed by atoms with E-state index in [0.717, 1.165) is 40.9 Å². The van der Waals surface area contributed by atoms with Gasteiger partial charge in [-0.2, -0.15) is 0 Å². The van der Waals surface area contributed by atoms with Crippen LogP contribution in [-0.4, -0.2) is 185 Å². The lowest BCUT2D eigenvalue weighted by molar-refractivity contribution is -0.144. The van der Waals surface area contributed by atoms with Gasteiger partial charge in [0.25, 0.3) is 5.91 Å². The van der Waals surface area contributed by atoms with E-state index in [0.29, 0.717) is 66.3 Å². The Morgan fingerprint density at radius 2 is 1.13 bits per heavy atom. The number of ether oxygens (including phenoxy) is 1. The van der Waals surface area contributed by atoms with Crippen LogP contribution in [0.2, 0.25) is 5.02 Å². The lowest BCUT2D eigenvalue weighted by atomic mass is 9.99. The summed E-state index contributed by atoms with van der Waals surface area (Å²) in [5.74, 6) is -6.33. The van der Waals surface area contributed by atoms with E-state index in [-0.39, 0.29) is 62.6 Å². The first-order valence-corrected chi connectivity index (χ1v) is 32.4. The number of likely N-dealkylation sites (N-methyl/N-ethyl adjacent to an activating group) is 1. The minimum Gasteiger partial charge on any atom is -0.508 e. The molecule has 1 saturated heterocycles. The minimum atomic E-state index is -1.75. The molecule has 7 rings (SSSR count). The van der Waals surface area contributed by atoms with Gasteiger partial charge in [-0.1, -0.05) is 98.2 Å². The molecule has 4 aromatic carbocycles. The molecule has 10 N–H and O–H groups in total. The number of amides is 9. The molecule has 6 aromatic rings. The fourth-order valence-electron chi connectivity index (χ4n) is 11.0. The third-order valence-corrected chi connectivity index (χ3v) is 16.4. The first-order chi connectivity index (χ1) is 45.7. The summed E-state index contributed by atoms with van der Waals surface area (Å²) < 4.78 is 5.46. The molecule has 0 saturated carbocycles. The average Bonchev–Trinajstić information content (AvgIpc) is 0.936. The zero-order valence-corrected chi connectivity index (χ0v) is 54.8. The number of aromatic hydroxyl groups is 1. The lowest BCUT2D eigenvalue weighted by Crippen LogP contribution is -2.61. The van der Waals surface area contributed by atoms with Crippen LogP contribution in [-0.2, 0) is 68.8 Å². The maximum atomic E-state index is 15.1. The fourth-order valence-corrected chi connectivity index (χ4v) is 11.1. The number of aliphatic hydroxyl groups excluding tert-OH is 1. The molecule has 25 heteroatoms. The van der Waals surface area contributed by atoms with E-state index in [9.17, 15) is 48.6 Å². The van der Waals surface area contributed by atoms with Crippen LogP contribution in [0.25, 0.3) is 10.8 Å². The van der Waals surface area contributed by atoms with E-state index in [4.69, 9.17) is 16.3 Å². The van der Waals surface area contributed by atoms with E-state index < -0.39 is 96.2 Å². The van der Waals surface area contributed by atoms with Crippen molar-refractivity contribution < 1.29 is 58.1 Å². The Kier molecular flexibility index (Phi) is 28.8. The number of aliphatic hydroxyl groups is 1. The quantitative estimate of drug-likeness (QED) is 0.0255. The van der Waals surface area contributed by atoms with Crippen molar-refractivity contribution in [1.29, 1.82) is 0 Å². The monoisotopic (exact) mass is 1320 g/mol. The maximum absolute atomic E-state index is 15.1. The molecule has 0 aliphatic carbocycles. The number of nitrogens with one attached hydrogen (secondary N) is 8. The highest BCUT2D eigenvalue weighted by atomic mass is 35.5. The van der Waals surface area contributed by atoms with Crippen molar-refractivity contribution in [2.45, 2.75) is 121 Å². The number of aromatic nitrogens is 2. The van der Waals surface area contributed by atoms with Crippen LogP contribution in [0.15, 0.2) is 140 Å². The van der Waals surface area contributed by atoms with Crippen LogP contribution in [0.5, 0.6) is 5.75 Å². The third-order valence-electron chi connectivity index (χ3n) is 16.2. The Hall–Kier alpha value is -9.36. The highest BCUT2D eigenvalue weighted by Crippen LogP contribution is 2.20. The Morgan fingerprint density at radius 1 is 0.568 bits per heavy atom. The molecule has 9 amide bonds. The molecule has 0 unspecified atom stereocenters. The summed E-state index contributed by atoms with van der Waals surface area (Å²) in [5.41, 5.74) is 2.61. The SMILES string of the molecule is CC(=O)N[C@H](Cc1ccc2ccccc2c1)C(=O)N[C@H](Cc1ccc(Cl)cc1)C(=O)N[C@H](Cc1cccnc1)C(=O)N[C@@H](CO)C(=O)N(C)[C@@H](Cc1ccc(O)cc1)C(=O)N[C@H](CCCCNC(=O)c1cccnc1)C(=O)N[C@@H](CC(C)C)C(=O)NCCCN1CCOCC1. The summed E-state index contributed by atoms with van der Waals surface area (Å²) in [7, 11) is 1.29.